The quantitative estimate of drug-likeness (QED) is 0.715. The number of hydrogen-bond acceptors (Lipinski definition) is 5. The molecule has 1 amide bonds. The predicted octanol–water partition coefficient (Wildman–Crippen LogP) is 3.56. The van der Waals surface area contributed by atoms with Gasteiger partial charge in [-0.3, -0.25) is 9.78 Å². The highest BCUT2D eigenvalue weighted by atomic mass is 19.4. The number of rotatable bonds is 5. The Morgan fingerprint density at radius 3 is 2.48 bits per heavy atom. The third-order valence-corrected chi connectivity index (χ3v) is 3.52. The molecule has 6 nitrogen and oxygen atoms in total. The van der Waals surface area contributed by atoms with Crippen LogP contribution in [0.25, 0.3) is 0 Å². The largest absolute Gasteiger partial charge is 0.418 e. The summed E-state index contributed by atoms with van der Waals surface area (Å²) in [7, 11) is 0. The van der Waals surface area contributed by atoms with Gasteiger partial charge in [-0.1, -0.05) is 18.2 Å². The van der Waals surface area contributed by atoms with Crippen LogP contribution in [0.2, 0.25) is 0 Å². The number of carbonyl (C=O) groups is 1. The van der Waals surface area contributed by atoms with Crippen LogP contribution in [0.3, 0.4) is 0 Å². The molecule has 0 spiro atoms. The molecule has 0 aliphatic rings. The molecule has 0 saturated heterocycles. The van der Waals surface area contributed by atoms with Crippen molar-refractivity contribution in [2.75, 3.05) is 5.32 Å². The monoisotopic (exact) mass is 373 g/mol. The Morgan fingerprint density at radius 2 is 1.74 bits per heavy atom. The molecule has 27 heavy (non-hydrogen) atoms. The van der Waals surface area contributed by atoms with Gasteiger partial charge in [-0.25, -0.2) is 9.97 Å². The maximum absolute atomic E-state index is 13.1. The summed E-state index contributed by atoms with van der Waals surface area (Å²) in [4.78, 5) is 24.2. The van der Waals surface area contributed by atoms with Crippen molar-refractivity contribution in [2.24, 2.45) is 0 Å². The van der Waals surface area contributed by atoms with Gasteiger partial charge in [-0.2, -0.15) is 13.2 Å². The number of amides is 1. The van der Waals surface area contributed by atoms with Gasteiger partial charge < -0.3 is 10.6 Å². The zero-order valence-corrected chi connectivity index (χ0v) is 13.9. The molecule has 3 rings (SSSR count). The second-order valence-corrected chi connectivity index (χ2v) is 5.44. The van der Waals surface area contributed by atoms with E-state index in [0.717, 1.165) is 6.07 Å². The number of pyridine rings is 1. The van der Waals surface area contributed by atoms with E-state index in [2.05, 4.69) is 25.6 Å². The molecule has 2 N–H and O–H groups in total. The minimum Gasteiger partial charge on any atom is -0.345 e. The zero-order chi connectivity index (χ0) is 19.3. The van der Waals surface area contributed by atoms with Crippen molar-refractivity contribution in [2.45, 2.75) is 12.7 Å². The molecule has 3 aromatic rings. The summed E-state index contributed by atoms with van der Waals surface area (Å²) in [6.07, 6.45) is -1.63. The Morgan fingerprint density at radius 1 is 0.963 bits per heavy atom. The number of benzene rings is 1. The van der Waals surface area contributed by atoms with E-state index in [1.54, 1.807) is 24.4 Å². The highest BCUT2D eigenvalue weighted by Gasteiger charge is 2.33. The normalized spacial score (nSPS) is 11.1. The fourth-order valence-electron chi connectivity index (χ4n) is 2.27. The summed E-state index contributed by atoms with van der Waals surface area (Å²) in [5.74, 6) is -0.604. The second-order valence-electron chi connectivity index (χ2n) is 5.44. The van der Waals surface area contributed by atoms with Gasteiger partial charge in [-0.05, 0) is 30.3 Å². The average Bonchev–Trinajstić information content (AvgIpc) is 2.67. The first-order valence-electron chi connectivity index (χ1n) is 7.88. The fourth-order valence-corrected chi connectivity index (χ4v) is 2.27. The molecule has 0 saturated carbocycles. The number of nitrogens with zero attached hydrogens (tertiary/aromatic N) is 3. The fraction of sp³-hybridized carbons (Fsp3) is 0.111. The van der Waals surface area contributed by atoms with E-state index in [0.29, 0.717) is 5.69 Å². The standard InChI is InChI=1S/C18H14F3N5O/c19-18(20,21)13-6-1-2-7-14(13)25-17-23-10-8-15(26-17)16(27)24-11-12-5-3-4-9-22-12/h1-10H,11H2,(H,24,27)(H,23,25,26). The molecule has 0 bridgehead atoms. The first-order valence-corrected chi connectivity index (χ1v) is 7.88. The van der Waals surface area contributed by atoms with Crippen molar-refractivity contribution in [3.05, 3.63) is 77.9 Å². The van der Waals surface area contributed by atoms with Gasteiger partial charge in [0.15, 0.2) is 0 Å². The molecule has 0 aliphatic carbocycles. The number of anilines is 2. The van der Waals surface area contributed by atoms with Crippen LogP contribution in [0.1, 0.15) is 21.7 Å². The number of carbonyl (C=O) groups excluding carboxylic acids is 1. The maximum atomic E-state index is 13.1. The number of alkyl halides is 3. The van der Waals surface area contributed by atoms with Crippen molar-refractivity contribution in [3.8, 4) is 0 Å². The van der Waals surface area contributed by atoms with Crippen molar-refractivity contribution >= 4 is 17.5 Å². The van der Waals surface area contributed by atoms with Crippen LogP contribution in [0.4, 0.5) is 24.8 Å². The number of para-hydroxylation sites is 1. The van der Waals surface area contributed by atoms with Crippen LogP contribution in [0.5, 0.6) is 0 Å². The van der Waals surface area contributed by atoms with Crippen molar-refractivity contribution in [1.29, 1.82) is 0 Å². The molecule has 0 unspecified atom stereocenters. The van der Waals surface area contributed by atoms with Crippen LogP contribution in [0.15, 0.2) is 60.9 Å². The van der Waals surface area contributed by atoms with Crippen LogP contribution in [-0.4, -0.2) is 20.9 Å². The summed E-state index contributed by atoms with van der Waals surface area (Å²) in [6, 6.07) is 11.6. The van der Waals surface area contributed by atoms with E-state index in [1.165, 1.54) is 30.5 Å². The predicted molar refractivity (Wildman–Crippen MR) is 92.2 cm³/mol. The van der Waals surface area contributed by atoms with E-state index in [-0.39, 0.29) is 23.9 Å². The van der Waals surface area contributed by atoms with Gasteiger partial charge >= 0.3 is 6.18 Å². The van der Waals surface area contributed by atoms with Gasteiger partial charge in [0.2, 0.25) is 5.95 Å². The van der Waals surface area contributed by atoms with E-state index in [9.17, 15) is 18.0 Å². The molecule has 0 radical (unpaired) electrons. The smallest absolute Gasteiger partial charge is 0.345 e. The molecule has 2 aromatic heterocycles. The summed E-state index contributed by atoms with van der Waals surface area (Å²) in [6.45, 7) is 0.198. The zero-order valence-electron chi connectivity index (χ0n) is 13.9. The Kier molecular flexibility index (Phi) is 5.30. The van der Waals surface area contributed by atoms with Crippen LogP contribution < -0.4 is 10.6 Å². The lowest BCUT2D eigenvalue weighted by Crippen LogP contribution is -2.24. The topological polar surface area (TPSA) is 79.8 Å². The molecular formula is C18H14F3N5O. The van der Waals surface area contributed by atoms with E-state index >= 15 is 0 Å². The van der Waals surface area contributed by atoms with Gasteiger partial charge in [0.25, 0.3) is 5.91 Å². The second kappa shape index (κ2) is 7.81. The number of hydrogen-bond donors (Lipinski definition) is 2. The molecular weight excluding hydrogens is 359 g/mol. The Labute approximate surface area is 152 Å². The molecule has 0 fully saturated rings. The third kappa shape index (κ3) is 4.78. The van der Waals surface area contributed by atoms with Crippen molar-refractivity contribution in [1.82, 2.24) is 20.3 Å². The highest BCUT2D eigenvalue weighted by molar-refractivity contribution is 5.92. The summed E-state index contributed by atoms with van der Waals surface area (Å²) in [5.41, 5.74) is -0.361. The highest BCUT2D eigenvalue weighted by Crippen LogP contribution is 2.35. The number of nitrogens with one attached hydrogen (secondary N) is 2. The van der Waals surface area contributed by atoms with Gasteiger partial charge in [0.1, 0.15) is 5.69 Å². The van der Waals surface area contributed by atoms with E-state index in [1.807, 2.05) is 0 Å². The van der Waals surface area contributed by atoms with Crippen LogP contribution in [0, 0.1) is 0 Å². The first-order chi connectivity index (χ1) is 12.9. The van der Waals surface area contributed by atoms with E-state index < -0.39 is 17.6 Å². The maximum Gasteiger partial charge on any atom is 0.418 e. The molecule has 2 heterocycles. The summed E-state index contributed by atoms with van der Waals surface area (Å²) in [5, 5.41) is 5.16. The van der Waals surface area contributed by atoms with Crippen LogP contribution >= 0.6 is 0 Å². The van der Waals surface area contributed by atoms with E-state index in [4.69, 9.17) is 0 Å². The van der Waals surface area contributed by atoms with Crippen LogP contribution in [-0.2, 0) is 12.7 Å². The van der Waals surface area contributed by atoms with Gasteiger partial charge in [0.05, 0.1) is 23.5 Å². The number of aromatic nitrogens is 3. The Balaban J connectivity index is 1.74. The Hall–Kier alpha value is -3.49. The molecule has 0 aliphatic heterocycles. The SMILES string of the molecule is O=C(NCc1ccccn1)c1ccnc(Nc2ccccc2C(F)(F)F)n1. The lowest BCUT2D eigenvalue weighted by atomic mass is 10.1. The first kappa shape index (κ1) is 18.3. The molecule has 0 atom stereocenters. The van der Waals surface area contributed by atoms with Crippen molar-refractivity contribution < 1.29 is 18.0 Å². The third-order valence-electron chi connectivity index (χ3n) is 3.52. The van der Waals surface area contributed by atoms with Gasteiger partial charge in [-0.15, -0.1) is 0 Å². The number of halogens is 3. The molecule has 9 heteroatoms. The minimum absolute atomic E-state index is 0.0212. The summed E-state index contributed by atoms with van der Waals surface area (Å²) >= 11 is 0. The lowest BCUT2D eigenvalue weighted by molar-refractivity contribution is -0.136. The average molecular weight is 373 g/mol. The lowest BCUT2D eigenvalue weighted by Gasteiger charge is -2.13. The summed E-state index contributed by atoms with van der Waals surface area (Å²) < 4.78 is 39.2. The molecule has 138 valence electrons. The van der Waals surface area contributed by atoms with Crippen molar-refractivity contribution in [3.63, 3.8) is 0 Å². The van der Waals surface area contributed by atoms with Gasteiger partial charge in [0, 0.05) is 12.4 Å². The minimum atomic E-state index is -4.53. The Bertz CT molecular complexity index is 932. The molecule has 1 aromatic carbocycles.